The van der Waals surface area contributed by atoms with E-state index in [1.807, 2.05) is 19.1 Å². The largest absolute Gasteiger partial charge is 0.493 e. The summed E-state index contributed by atoms with van der Waals surface area (Å²) in [6, 6.07) is 3.82. The molecule has 144 valence electrons. The first-order valence-corrected chi connectivity index (χ1v) is 8.78. The second-order valence-electron chi connectivity index (χ2n) is 6.61. The van der Waals surface area contributed by atoms with E-state index in [-0.39, 0.29) is 23.8 Å². The predicted molar refractivity (Wildman–Crippen MR) is 97.5 cm³/mol. The number of hydrogen-bond acceptors (Lipinski definition) is 5. The summed E-state index contributed by atoms with van der Waals surface area (Å²) in [6.45, 7) is 2.42. The standard InChI is InChI=1S/C19H28N2O5/c1-12-5-7-14(19(20)23)11-21(12)17(22)8-6-13-9-15(24-2)18(26-4)16(10-13)25-3/h9-10,12,14H,5-8,11H2,1-4H3,(H2,20,23)/t12-,14-/m0/s1. The van der Waals surface area contributed by atoms with E-state index in [1.165, 1.54) is 0 Å². The van der Waals surface area contributed by atoms with E-state index in [1.54, 1.807) is 26.2 Å². The Morgan fingerprint density at radius 3 is 2.23 bits per heavy atom. The number of benzene rings is 1. The fourth-order valence-electron chi connectivity index (χ4n) is 3.36. The number of methoxy groups -OCH3 is 3. The van der Waals surface area contributed by atoms with Crippen molar-refractivity contribution in [2.45, 2.75) is 38.6 Å². The number of rotatable bonds is 7. The number of aryl methyl sites for hydroxylation is 1. The molecule has 1 aliphatic heterocycles. The number of likely N-dealkylation sites (tertiary alicyclic amines) is 1. The van der Waals surface area contributed by atoms with Crippen LogP contribution >= 0.6 is 0 Å². The topological polar surface area (TPSA) is 91.1 Å². The Labute approximate surface area is 154 Å². The third-order valence-electron chi connectivity index (χ3n) is 4.96. The molecule has 1 aromatic rings. The number of carbonyl (C=O) groups excluding carboxylic acids is 2. The van der Waals surface area contributed by atoms with Crippen LogP contribution in [0.4, 0.5) is 0 Å². The minimum atomic E-state index is -0.334. The molecule has 2 N–H and O–H groups in total. The molecular formula is C19H28N2O5. The molecule has 26 heavy (non-hydrogen) atoms. The van der Waals surface area contributed by atoms with Crippen molar-refractivity contribution in [1.82, 2.24) is 4.90 Å². The van der Waals surface area contributed by atoms with Crippen molar-refractivity contribution in [3.63, 3.8) is 0 Å². The van der Waals surface area contributed by atoms with Crippen LogP contribution in [0.5, 0.6) is 17.2 Å². The van der Waals surface area contributed by atoms with Crippen LogP contribution in [-0.2, 0) is 16.0 Å². The maximum atomic E-state index is 12.7. The van der Waals surface area contributed by atoms with Gasteiger partial charge >= 0.3 is 0 Å². The summed E-state index contributed by atoms with van der Waals surface area (Å²) in [5.41, 5.74) is 6.34. The van der Waals surface area contributed by atoms with Crippen molar-refractivity contribution in [3.05, 3.63) is 17.7 Å². The van der Waals surface area contributed by atoms with Crippen molar-refractivity contribution in [1.29, 1.82) is 0 Å². The second-order valence-corrected chi connectivity index (χ2v) is 6.61. The molecule has 0 aliphatic carbocycles. The molecule has 1 heterocycles. The minimum absolute atomic E-state index is 0.0252. The Morgan fingerprint density at radius 2 is 1.73 bits per heavy atom. The summed E-state index contributed by atoms with van der Waals surface area (Å²) in [5.74, 6) is 1.09. The van der Waals surface area contributed by atoms with Gasteiger partial charge in [0.25, 0.3) is 0 Å². The summed E-state index contributed by atoms with van der Waals surface area (Å²) in [7, 11) is 4.67. The molecule has 2 rings (SSSR count). The quantitative estimate of drug-likeness (QED) is 0.796. The number of amides is 2. The van der Waals surface area contributed by atoms with Gasteiger partial charge in [-0.1, -0.05) is 0 Å². The van der Waals surface area contributed by atoms with Gasteiger partial charge in [0.1, 0.15) is 0 Å². The third-order valence-corrected chi connectivity index (χ3v) is 4.96. The van der Waals surface area contributed by atoms with E-state index in [4.69, 9.17) is 19.9 Å². The molecule has 1 aliphatic rings. The lowest BCUT2D eigenvalue weighted by Gasteiger charge is -2.37. The maximum absolute atomic E-state index is 12.7. The lowest BCUT2D eigenvalue weighted by atomic mass is 9.92. The highest BCUT2D eigenvalue weighted by Gasteiger charge is 2.31. The van der Waals surface area contributed by atoms with Gasteiger partial charge in [0.2, 0.25) is 17.6 Å². The molecule has 0 aromatic heterocycles. The van der Waals surface area contributed by atoms with Gasteiger partial charge < -0.3 is 24.8 Å². The zero-order valence-electron chi connectivity index (χ0n) is 15.9. The minimum Gasteiger partial charge on any atom is -0.493 e. The van der Waals surface area contributed by atoms with Gasteiger partial charge in [-0.2, -0.15) is 0 Å². The van der Waals surface area contributed by atoms with Crippen molar-refractivity contribution >= 4 is 11.8 Å². The van der Waals surface area contributed by atoms with E-state index in [0.717, 1.165) is 18.4 Å². The Hall–Kier alpha value is -2.44. The van der Waals surface area contributed by atoms with Crippen molar-refractivity contribution in [2.24, 2.45) is 11.7 Å². The summed E-state index contributed by atoms with van der Waals surface area (Å²) >= 11 is 0. The number of nitrogens with zero attached hydrogens (tertiary/aromatic N) is 1. The van der Waals surface area contributed by atoms with Gasteiger partial charge in [-0.3, -0.25) is 9.59 Å². The summed E-state index contributed by atoms with van der Waals surface area (Å²) in [6.07, 6.45) is 2.42. The zero-order chi connectivity index (χ0) is 19.3. The van der Waals surface area contributed by atoms with Crippen LogP contribution in [0.25, 0.3) is 0 Å². The lowest BCUT2D eigenvalue weighted by molar-refractivity contribution is -0.137. The normalized spacial score (nSPS) is 19.8. The highest BCUT2D eigenvalue weighted by molar-refractivity contribution is 5.80. The number of piperidine rings is 1. The van der Waals surface area contributed by atoms with Gasteiger partial charge in [-0.15, -0.1) is 0 Å². The van der Waals surface area contributed by atoms with Gasteiger partial charge in [0, 0.05) is 19.0 Å². The SMILES string of the molecule is COc1cc(CCC(=O)N2C[C@@H](C(N)=O)CC[C@@H]2C)cc(OC)c1OC. The molecular weight excluding hydrogens is 336 g/mol. The fraction of sp³-hybridized carbons (Fsp3) is 0.579. The number of hydrogen-bond donors (Lipinski definition) is 1. The van der Waals surface area contributed by atoms with Crippen LogP contribution in [-0.4, -0.2) is 50.6 Å². The van der Waals surface area contributed by atoms with Gasteiger partial charge in [-0.05, 0) is 43.9 Å². The molecule has 0 bridgehead atoms. The van der Waals surface area contributed by atoms with E-state index in [0.29, 0.717) is 36.6 Å². The third kappa shape index (κ3) is 4.39. The average molecular weight is 364 g/mol. The first kappa shape index (κ1) is 19.9. The van der Waals surface area contributed by atoms with E-state index >= 15 is 0 Å². The van der Waals surface area contributed by atoms with Crippen LogP contribution in [0.1, 0.15) is 31.7 Å². The first-order chi connectivity index (χ1) is 12.4. The van der Waals surface area contributed by atoms with Crippen molar-refractivity contribution < 1.29 is 23.8 Å². The summed E-state index contributed by atoms with van der Waals surface area (Å²) < 4.78 is 16.0. The molecule has 0 spiro atoms. The number of ether oxygens (including phenoxy) is 3. The molecule has 2 amide bonds. The monoisotopic (exact) mass is 364 g/mol. The average Bonchev–Trinajstić information content (AvgIpc) is 2.65. The second kappa shape index (κ2) is 8.78. The van der Waals surface area contributed by atoms with Crippen molar-refractivity contribution in [3.8, 4) is 17.2 Å². The highest BCUT2D eigenvalue weighted by Crippen LogP contribution is 2.38. The molecule has 1 aromatic carbocycles. The molecule has 2 atom stereocenters. The summed E-state index contributed by atoms with van der Waals surface area (Å²) in [4.78, 5) is 25.9. The Kier molecular flexibility index (Phi) is 6.71. The van der Waals surface area contributed by atoms with E-state index < -0.39 is 0 Å². The number of primary amides is 1. The van der Waals surface area contributed by atoms with E-state index in [9.17, 15) is 9.59 Å². The summed E-state index contributed by atoms with van der Waals surface area (Å²) in [5, 5.41) is 0. The number of carbonyl (C=O) groups is 2. The molecule has 1 saturated heterocycles. The smallest absolute Gasteiger partial charge is 0.223 e. The zero-order valence-corrected chi connectivity index (χ0v) is 15.9. The molecule has 7 nitrogen and oxygen atoms in total. The van der Waals surface area contributed by atoms with E-state index in [2.05, 4.69) is 0 Å². The van der Waals surface area contributed by atoms with Crippen LogP contribution in [0.3, 0.4) is 0 Å². The Bertz CT molecular complexity index is 636. The van der Waals surface area contributed by atoms with Gasteiger partial charge in [0.05, 0.1) is 27.2 Å². The van der Waals surface area contributed by atoms with Crippen LogP contribution in [0.2, 0.25) is 0 Å². The lowest BCUT2D eigenvalue weighted by Crippen LogP contribution is -2.48. The predicted octanol–water partition coefficient (Wildman–Crippen LogP) is 1.76. The van der Waals surface area contributed by atoms with Crippen LogP contribution < -0.4 is 19.9 Å². The number of nitrogens with two attached hydrogens (primary N) is 1. The molecule has 0 unspecified atom stereocenters. The Morgan fingerprint density at radius 1 is 1.12 bits per heavy atom. The van der Waals surface area contributed by atoms with Gasteiger partial charge in [0.15, 0.2) is 11.5 Å². The maximum Gasteiger partial charge on any atom is 0.223 e. The van der Waals surface area contributed by atoms with Crippen LogP contribution in [0, 0.1) is 5.92 Å². The van der Waals surface area contributed by atoms with Crippen LogP contribution in [0.15, 0.2) is 12.1 Å². The van der Waals surface area contributed by atoms with Gasteiger partial charge in [-0.25, -0.2) is 0 Å². The molecule has 1 fully saturated rings. The fourth-order valence-corrected chi connectivity index (χ4v) is 3.36. The highest BCUT2D eigenvalue weighted by atomic mass is 16.5. The first-order valence-electron chi connectivity index (χ1n) is 8.78. The Balaban J connectivity index is 2.07. The molecule has 0 saturated carbocycles. The molecule has 7 heteroatoms. The molecule has 0 radical (unpaired) electrons. The van der Waals surface area contributed by atoms with Crippen molar-refractivity contribution in [2.75, 3.05) is 27.9 Å².